The van der Waals surface area contributed by atoms with Gasteiger partial charge in [-0.15, -0.1) is 0 Å². The molecule has 0 radical (unpaired) electrons. The first-order valence-electron chi connectivity index (χ1n) is 7.31. The molecule has 0 bridgehead atoms. The maximum Gasteiger partial charge on any atom is 0.309 e. The number of aromatic nitrogens is 1. The van der Waals surface area contributed by atoms with Gasteiger partial charge in [0.15, 0.2) is 0 Å². The number of carbonyl (C=O) groups is 2. The Morgan fingerprint density at radius 1 is 1.29 bits per heavy atom. The number of pyridine rings is 1. The van der Waals surface area contributed by atoms with Crippen molar-refractivity contribution in [3.05, 3.63) is 30.1 Å². The first-order valence-corrected chi connectivity index (χ1v) is 7.31. The molecule has 21 heavy (non-hydrogen) atoms. The Balaban J connectivity index is 1.69. The molecule has 6 nitrogen and oxygen atoms in total. The summed E-state index contributed by atoms with van der Waals surface area (Å²) in [5.74, 6) is -0.686. The molecule has 2 rings (SSSR count). The monoisotopic (exact) mass is 290 g/mol. The highest BCUT2D eigenvalue weighted by molar-refractivity contribution is 6.34. The SMILES string of the molecule is CNC(=O)C(=O)NCC1CCN(Cc2ccccn2)CC1. The molecule has 1 aliphatic rings. The molecule has 0 atom stereocenters. The summed E-state index contributed by atoms with van der Waals surface area (Å²) < 4.78 is 0. The number of amides is 2. The highest BCUT2D eigenvalue weighted by Crippen LogP contribution is 2.17. The summed E-state index contributed by atoms with van der Waals surface area (Å²) in [6.45, 7) is 3.44. The van der Waals surface area contributed by atoms with Crippen molar-refractivity contribution in [2.75, 3.05) is 26.7 Å². The second-order valence-electron chi connectivity index (χ2n) is 5.33. The Morgan fingerprint density at radius 2 is 2.05 bits per heavy atom. The van der Waals surface area contributed by atoms with Gasteiger partial charge in [-0.05, 0) is 44.0 Å². The molecule has 1 aromatic heterocycles. The van der Waals surface area contributed by atoms with E-state index in [1.54, 1.807) is 0 Å². The van der Waals surface area contributed by atoms with Gasteiger partial charge in [0.25, 0.3) is 0 Å². The Morgan fingerprint density at radius 3 is 2.67 bits per heavy atom. The number of piperidine rings is 1. The Kier molecular flexibility index (Phi) is 5.68. The van der Waals surface area contributed by atoms with Gasteiger partial charge in [-0.3, -0.25) is 19.5 Å². The standard InChI is InChI=1S/C15H22N4O2/c1-16-14(20)15(21)18-10-12-5-8-19(9-6-12)11-13-4-2-3-7-17-13/h2-4,7,12H,5-6,8-11H2,1H3,(H,16,20)(H,18,21). The first kappa shape index (κ1) is 15.4. The molecule has 1 fully saturated rings. The van der Waals surface area contributed by atoms with Gasteiger partial charge in [-0.2, -0.15) is 0 Å². The third-order valence-corrected chi connectivity index (χ3v) is 3.80. The summed E-state index contributed by atoms with van der Waals surface area (Å²) >= 11 is 0. The molecule has 0 spiro atoms. The van der Waals surface area contributed by atoms with Gasteiger partial charge in [0.1, 0.15) is 0 Å². The van der Waals surface area contributed by atoms with Crippen LogP contribution in [-0.2, 0) is 16.1 Å². The van der Waals surface area contributed by atoms with Crippen LogP contribution in [0.15, 0.2) is 24.4 Å². The van der Waals surface area contributed by atoms with Crippen LogP contribution in [0.4, 0.5) is 0 Å². The lowest BCUT2D eigenvalue weighted by Gasteiger charge is -2.31. The summed E-state index contributed by atoms with van der Waals surface area (Å²) in [5, 5.41) is 5.01. The highest BCUT2D eigenvalue weighted by atomic mass is 16.2. The van der Waals surface area contributed by atoms with Crippen molar-refractivity contribution in [3.63, 3.8) is 0 Å². The smallest absolute Gasteiger partial charge is 0.309 e. The van der Waals surface area contributed by atoms with Crippen molar-refractivity contribution in [1.29, 1.82) is 0 Å². The minimum absolute atomic E-state index is 0.443. The Hall–Kier alpha value is -1.95. The Labute approximate surface area is 124 Å². The van der Waals surface area contributed by atoms with E-state index < -0.39 is 11.8 Å². The maximum absolute atomic E-state index is 11.4. The lowest BCUT2D eigenvalue weighted by atomic mass is 9.96. The highest BCUT2D eigenvalue weighted by Gasteiger charge is 2.21. The second-order valence-corrected chi connectivity index (χ2v) is 5.33. The minimum Gasteiger partial charge on any atom is -0.351 e. The summed E-state index contributed by atoms with van der Waals surface area (Å²) in [4.78, 5) is 29.2. The van der Waals surface area contributed by atoms with Crippen molar-refractivity contribution in [3.8, 4) is 0 Å². The Bertz CT molecular complexity index is 470. The van der Waals surface area contributed by atoms with Crippen LogP contribution in [0, 0.1) is 5.92 Å². The van der Waals surface area contributed by atoms with Crippen LogP contribution < -0.4 is 10.6 Å². The number of likely N-dealkylation sites (tertiary alicyclic amines) is 1. The van der Waals surface area contributed by atoms with Crippen LogP contribution in [0.25, 0.3) is 0 Å². The molecule has 0 aliphatic carbocycles. The van der Waals surface area contributed by atoms with Crippen molar-refractivity contribution in [1.82, 2.24) is 20.5 Å². The summed E-state index contributed by atoms with van der Waals surface area (Å²) in [6.07, 6.45) is 3.87. The number of nitrogens with zero attached hydrogens (tertiary/aromatic N) is 2. The normalized spacial score (nSPS) is 16.4. The van der Waals surface area contributed by atoms with E-state index in [2.05, 4.69) is 20.5 Å². The van der Waals surface area contributed by atoms with Crippen molar-refractivity contribution >= 4 is 11.8 Å². The van der Waals surface area contributed by atoms with Crippen LogP contribution >= 0.6 is 0 Å². The van der Waals surface area contributed by atoms with Gasteiger partial charge >= 0.3 is 11.8 Å². The van der Waals surface area contributed by atoms with Crippen molar-refractivity contribution in [2.45, 2.75) is 19.4 Å². The van der Waals surface area contributed by atoms with Gasteiger partial charge in [0, 0.05) is 26.3 Å². The van der Waals surface area contributed by atoms with Crippen molar-refractivity contribution in [2.24, 2.45) is 5.92 Å². The lowest BCUT2D eigenvalue weighted by molar-refractivity contribution is -0.139. The molecular weight excluding hydrogens is 268 g/mol. The zero-order chi connectivity index (χ0) is 15.1. The van der Waals surface area contributed by atoms with E-state index >= 15 is 0 Å². The number of carbonyl (C=O) groups excluding carboxylic acids is 2. The van der Waals surface area contributed by atoms with Gasteiger partial charge < -0.3 is 10.6 Å². The van der Waals surface area contributed by atoms with Gasteiger partial charge in [0.05, 0.1) is 5.69 Å². The average Bonchev–Trinajstić information content (AvgIpc) is 2.54. The molecule has 2 amide bonds. The van der Waals surface area contributed by atoms with E-state index in [9.17, 15) is 9.59 Å². The van der Waals surface area contributed by atoms with E-state index in [1.165, 1.54) is 7.05 Å². The largest absolute Gasteiger partial charge is 0.351 e. The molecule has 2 heterocycles. The van der Waals surface area contributed by atoms with Crippen molar-refractivity contribution < 1.29 is 9.59 Å². The zero-order valence-corrected chi connectivity index (χ0v) is 12.3. The third-order valence-electron chi connectivity index (χ3n) is 3.80. The van der Waals surface area contributed by atoms with E-state index in [4.69, 9.17) is 0 Å². The quantitative estimate of drug-likeness (QED) is 0.775. The summed E-state index contributed by atoms with van der Waals surface area (Å²) in [6, 6.07) is 5.96. The topological polar surface area (TPSA) is 74.3 Å². The van der Waals surface area contributed by atoms with Crippen LogP contribution in [0.2, 0.25) is 0 Å². The van der Waals surface area contributed by atoms with Gasteiger partial charge in [0.2, 0.25) is 0 Å². The number of nitrogens with one attached hydrogen (secondary N) is 2. The molecule has 114 valence electrons. The molecule has 0 saturated carbocycles. The molecule has 1 aliphatic heterocycles. The van der Waals surface area contributed by atoms with Gasteiger partial charge in [-0.25, -0.2) is 0 Å². The fourth-order valence-electron chi connectivity index (χ4n) is 2.50. The number of likely N-dealkylation sites (N-methyl/N-ethyl adjacent to an activating group) is 1. The number of hydrogen-bond acceptors (Lipinski definition) is 4. The number of rotatable bonds is 4. The lowest BCUT2D eigenvalue weighted by Crippen LogP contribution is -2.42. The van der Waals surface area contributed by atoms with Crippen LogP contribution in [-0.4, -0.2) is 48.4 Å². The first-order chi connectivity index (χ1) is 10.2. The second kappa shape index (κ2) is 7.73. The third kappa shape index (κ3) is 4.82. The van der Waals surface area contributed by atoms with E-state index in [1.807, 2.05) is 24.4 Å². The van der Waals surface area contributed by atoms with Crippen LogP contribution in [0.5, 0.6) is 0 Å². The molecular formula is C15H22N4O2. The molecule has 6 heteroatoms. The van der Waals surface area contributed by atoms with E-state index in [0.29, 0.717) is 12.5 Å². The fourth-order valence-corrected chi connectivity index (χ4v) is 2.50. The fraction of sp³-hybridized carbons (Fsp3) is 0.533. The minimum atomic E-state index is -0.581. The molecule has 1 saturated heterocycles. The molecule has 1 aromatic rings. The summed E-state index contributed by atoms with van der Waals surface area (Å²) in [7, 11) is 1.46. The van der Waals surface area contributed by atoms with Gasteiger partial charge in [-0.1, -0.05) is 6.07 Å². The molecule has 2 N–H and O–H groups in total. The predicted octanol–water partition coefficient (Wildman–Crippen LogP) is 0.156. The number of hydrogen-bond donors (Lipinski definition) is 2. The van der Waals surface area contributed by atoms with E-state index in [-0.39, 0.29) is 0 Å². The molecule has 0 unspecified atom stereocenters. The molecule has 0 aromatic carbocycles. The van der Waals surface area contributed by atoms with Crippen LogP contribution in [0.3, 0.4) is 0 Å². The maximum atomic E-state index is 11.4. The average molecular weight is 290 g/mol. The van der Waals surface area contributed by atoms with Crippen LogP contribution in [0.1, 0.15) is 18.5 Å². The predicted molar refractivity (Wildman–Crippen MR) is 79.3 cm³/mol. The van der Waals surface area contributed by atoms with E-state index in [0.717, 1.165) is 38.2 Å². The summed E-state index contributed by atoms with van der Waals surface area (Å²) in [5.41, 5.74) is 1.09. The zero-order valence-electron chi connectivity index (χ0n) is 12.3.